The number of aromatic nitrogens is 1. The van der Waals surface area contributed by atoms with E-state index in [0.29, 0.717) is 5.69 Å². The van der Waals surface area contributed by atoms with Crippen molar-refractivity contribution < 1.29 is 23.1 Å². The fraction of sp³-hybridized carbons (Fsp3) is 0.250. The maximum atomic E-state index is 12.1. The molecule has 0 saturated carbocycles. The lowest BCUT2D eigenvalue weighted by atomic mass is 10.2. The Bertz CT molecular complexity index is 609. The number of hydrogen-bond donors (Lipinski definition) is 4. The molecule has 2 rings (SSSR count). The SMILES string of the molecule is O=C(NCC(O)C(F)(F)F)Nc1c[nH]c2ccccc12. The molecule has 4 N–H and O–H groups in total. The van der Waals surface area contributed by atoms with Crippen LogP contribution in [0.25, 0.3) is 10.9 Å². The first-order valence-electron chi connectivity index (χ1n) is 5.73. The Morgan fingerprint density at radius 3 is 2.75 bits per heavy atom. The highest BCUT2D eigenvalue weighted by molar-refractivity contribution is 6.00. The Balaban J connectivity index is 1.95. The minimum absolute atomic E-state index is 0.444. The summed E-state index contributed by atoms with van der Waals surface area (Å²) in [6, 6.07) is 6.31. The number of carbonyl (C=O) groups excluding carboxylic acids is 1. The number of anilines is 1. The summed E-state index contributed by atoms with van der Waals surface area (Å²) in [7, 11) is 0. The molecular weight excluding hydrogens is 275 g/mol. The van der Waals surface area contributed by atoms with E-state index in [4.69, 9.17) is 5.11 Å². The molecule has 1 heterocycles. The summed E-state index contributed by atoms with van der Waals surface area (Å²) >= 11 is 0. The number of nitrogens with one attached hydrogen (secondary N) is 3. The number of benzene rings is 1. The van der Waals surface area contributed by atoms with Crippen molar-refractivity contribution in [1.29, 1.82) is 0 Å². The molecule has 0 saturated heterocycles. The number of alkyl halides is 3. The second kappa shape index (κ2) is 5.41. The standard InChI is InChI=1S/C12H12F3N3O2/c13-12(14,15)10(19)6-17-11(20)18-9-5-16-8-4-2-1-3-7(8)9/h1-5,10,16,19H,6H2,(H2,17,18,20). The molecule has 5 nitrogen and oxygen atoms in total. The Hall–Kier alpha value is -2.22. The lowest BCUT2D eigenvalue weighted by Crippen LogP contribution is -2.42. The van der Waals surface area contributed by atoms with Crippen molar-refractivity contribution in [3.8, 4) is 0 Å². The summed E-state index contributed by atoms with van der Waals surface area (Å²) in [6.45, 7) is -0.905. The molecule has 1 atom stereocenters. The van der Waals surface area contributed by atoms with E-state index in [0.717, 1.165) is 10.9 Å². The number of amides is 2. The Labute approximate surface area is 111 Å². The zero-order valence-corrected chi connectivity index (χ0v) is 10.2. The highest BCUT2D eigenvalue weighted by atomic mass is 19.4. The number of hydrogen-bond acceptors (Lipinski definition) is 2. The molecule has 0 aliphatic heterocycles. The van der Waals surface area contributed by atoms with Crippen LogP contribution in [-0.2, 0) is 0 Å². The summed E-state index contributed by atoms with van der Waals surface area (Å²) < 4.78 is 36.2. The number of carbonyl (C=O) groups is 1. The van der Waals surface area contributed by atoms with Crippen LogP contribution in [0.2, 0.25) is 0 Å². The molecule has 1 aromatic carbocycles. The van der Waals surface area contributed by atoms with Crippen LogP contribution in [0.4, 0.5) is 23.7 Å². The molecule has 20 heavy (non-hydrogen) atoms. The predicted molar refractivity (Wildman–Crippen MR) is 67.4 cm³/mol. The highest BCUT2D eigenvalue weighted by Crippen LogP contribution is 2.22. The molecule has 0 fully saturated rings. The van der Waals surface area contributed by atoms with Crippen molar-refractivity contribution in [2.75, 3.05) is 11.9 Å². The smallest absolute Gasteiger partial charge is 0.382 e. The number of aromatic amines is 1. The summed E-state index contributed by atoms with van der Waals surface area (Å²) in [4.78, 5) is 14.4. The lowest BCUT2D eigenvalue weighted by molar-refractivity contribution is -0.201. The van der Waals surface area contributed by atoms with E-state index in [2.05, 4.69) is 10.3 Å². The number of halogens is 3. The summed E-state index contributed by atoms with van der Waals surface area (Å²) in [5.74, 6) is 0. The van der Waals surface area contributed by atoms with Gasteiger partial charge in [0, 0.05) is 17.1 Å². The molecule has 8 heteroatoms. The maximum Gasteiger partial charge on any atom is 0.416 e. The van der Waals surface area contributed by atoms with Gasteiger partial charge in [-0.2, -0.15) is 13.2 Å². The molecule has 108 valence electrons. The molecule has 1 aromatic heterocycles. The van der Waals surface area contributed by atoms with E-state index in [9.17, 15) is 18.0 Å². The van der Waals surface area contributed by atoms with Crippen LogP contribution in [-0.4, -0.2) is 34.9 Å². The molecule has 0 bridgehead atoms. The van der Waals surface area contributed by atoms with Gasteiger partial charge in [0.25, 0.3) is 0 Å². The number of aliphatic hydroxyl groups excluding tert-OH is 1. The van der Waals surface area contributed by atoms with E-state index in [1.807, 2.05) is 11.4 Å². The molecule has 1 unspecified atom stereocenters. The molecule has 0 aliphatic carbocycles. The maximum absolute atomic E-state index is 12.1. The number of H-pyrrole nitrogens is 1. The topological polar surface area (TPSA) is 77.2 Å². The van der Waals surface area contributed by atoms with Crippen LogP contribution >= 0.6 is 0 Å². The largest absolute Gasteiger partial charge is 0.416 e. The summed E-state index contributed by atoms with van der Waals surface area (Å²) in [5, 5.41) is 13.9. The van der Waals surface area contributed by atoms with E-state index < -0.39 is 24.9 Å². The Morgan fingerprint density at radius 1 is 1.35 bits per heavy atom. The average Bonchev–Trinajstić information content (AvgIpc) is 2.78. The van der Waals surface area contributed by atoms with Crippen molar-refractivity contribution >= 4 is 22.6 Å². The van der Waals surface area contributed by atoms with E-state index in [-0.39, 0.29) is 0 Å². The minimum Gasteiger partial charge on any atom is -0.382 e. The number of urea groups is 1. The van der Waals surface area contributed by atoms with E-state index in [1.165, 1.54) is 6.20 Å². The van der Waals surface area contributed by atoms with Crippen molar-refractivity contribution in [3.63, 3.8) is 0 Å². The second-order valence-electron chi connectivity index (χ2n) is 4.14. The van der Waals surface area contributed by atoms with Gasteiger partial charge < -0.3 is 20.7 Å². The molecule has 0 radical (unpaired) electrons. The van der Waals surface area contributed by atoms with Crippen molar-refractivity contribution in [3.05, 3.63) is 30.5 Å². The van der Waals surface area contributed by atoms with Gasteiger partial charge in [0.2, 0.25) is 0 Å². The zero-order valence-electron chi connectivity index (χ0n) is 10.2. The van der Waals surface area contributed by atoms with Crippen LogP contribution in [0.5, 0.6) is 0 Å². The van der Waals surface area contributed by atoms with Gasteiger partial charge in [-0.1, -0.05) is 18.2 Å². The van der Waals surface area contributed by atoms with Crippen LogP contribution in [0.3, 0.4) is 0 Å². The van der Waals surface area contributed by atoms with Gasteiger partial charge in [0.15, 0.2) is 6.10 Å². The molecule has 2 amide bonds. The van der Waals surface area contributed by atoms with Crippen LogP contribution in [0.1, 0.15) is 0 Å². The monoisotopic (exact) mass is 287 g/mol. The predicted octanol–water partition coefficient (Wildman–Crippen LogP) is 2.21. The van der Waals surface area contributed by atoms with Crippen LogP contribution in [0.15, 0.2) is 30.5 Å². The first kappa shape index (κ1) is 14.2. The number of fused-ring (bicyclic) bond motifs is 1. The van der Waals surface area contributed by atoms with Gasteiger partial charge >= 0.3 is 12.2 Å². The van der Waals surface area contributed by atoms with Crippen LogP contribution < -0.4 is 10.6 Å². The second-order valence-corrected chi connectivity index (χ2v) is 4.14. The molecule has 0 aliphatic rings. The summed E-state index contributed by atoms with van der Waals surface area (Å²) in [5.41, 5.74) is 1.23. The van der Waals surface area contributed by atoms with E-state index in [1.54, 1.807) is 18.2 Å². The van der Waals surface area contributed by atoms with Gasteiger partial charge in [-0.15, -0.1) is 0 Å². The average molecular weight is 287 g/mol. The minimum atomic E-state index is -4.76. The van der Waals surface area contributed by atoms with Gasteiger partial charge in [0.05, 0.1) is 12.2 Å². The lowest BCUT2D eigenvalue weighted by Gasteiger charge is -2.15. The number of para-hydroxylation sites is 1. The fourth-order valence-corrected chi connectivity index (χ4v) is 1.65. The Morgan fingerprint density at radius 2 is 2.05 bits per heavy atom. The normalized spacial score (nSPS) is 13.2. The molecular formula is C12H12F3N3O2. The fourth-order valence-electron chi connectivity index (χ4n) is 1.65. The first-order chi connectivity index (χ1) is 9.38. The quantitative estimate of drug-likeness (QED) is 0.698. The number of aliphatic hydroxyl groups is 1. The van der Waals surface area contributed by atoms with Crippen molar-refractivity contribution in [2.45, 2.75) is 12.3 Å². The van der Waals surface area contributed by atoms with Crippen molar-refractivity contribution in [1.82, 2.24) is 10.3 Å². The number of rotatable bonds is 3. The van der Waals surface area contributed by atoms with Crippen molar-refractivity contribution in [2.24, 2.45) is 0 Å². The highest BCUT2D eigenvalue weighted by Gasteiger charge is 2.38. The van der Waals surface area contributed by atoms with E-state index >= 15 is 0 Å². The molecule has 0 spiro atoms. The van der Waals surface area contributed by atoms with Gasteiger partial charge in [-0.25, -0.2) is 4.79 Å². The third-order valence-electron chi connectivity index (χ3n) is 2.67. The van der Waals surface area contributed by atoms with Gasteiger partial charge in [0.1, 0.15) is 0 Å². The van der Waals surface area contributed by atoms with Gasteiger partial charge in [-0.05, 0) is 6.07 Å². The van der Waals surface area contributed by atoms with Crippen LogP contribution in [0, 0.1) is 0 Å². The Kier molecular flexibility index (Phi) is 3.84. The third kappa shape index (κ3) is 3.21. The summed E-state index contributed by atoms with van der Waals surface area (Å²) in [6.07, 6.45) is -5.81. The zero-order chi connectivity index (χ0) is 14.8. The first-order valence-corrected chi connectivity index (χ1v) is 5.73. The van der Waals surface area contributed by atoms with Gasteiger partial charge in [-0.3, -0.25) is 0 Å². The third-order valence-corrected chi connectivity index (χ3v) is 2.67. The molecule has 2 aromatic rings.